The number of thiophene rings is 1. The number of nitrogens with one attached hydrogen (secondary N) is 1. The Hall–Kier alpha value is -2.36. The molecular weight excluding hydrogens is 455 g/mol. The smallest absolute Gasteiger partial charge is 0.274 e. The van der Waals surface area contributed by atoms with E-state index in [0.29, 0.717) is 12.3 Å². The van der Waals surface area contributed by atoms with E-state index in [-0.39, 0.29) is 9.90 Å². The van der Waals surface area contributed by atoms with Crippen molar-refractivity contribution in [3.05, 3.63) is 83.0 Å². The number of anilines is 1. The fourth-order valence-corrected chi connectivity index (χ4v) is 6.25. The highest BCUT2D eigenvalue weighted by Gasteiger charge is 2.29. The van der Waals surface area contributed by atoms with Gasteiger partial charge in [0, 0.05) is 18.1 Å². The molecule has 0 saturated carbocycles. The van der Waals surface area contributed by atoms with Crippen LogP contribution in [0.4, 0.5) is 10.1 Å². The Morgan fingerprint density at radius 3 is 2.65 bits per heavy atom. The van der Waals surface area contributed by atoms with Gasteiger partial charge in [-0.25, -0.2) is 12.8 Å². The SMILES string of the molecule is Cc1cccc(CSCCNC(=O)CN(c2ccccc2F)S(=O)(=O)c2cccs2)c1. The lowest BCUT2D eigenvalue weighted by molar-refractivity contribution is -0.119. The molecule has 0 aliphatic heterocycles. The highest BCUT2D eigenvalue weighted by atomic mass is 32.2. The number of halogens is 1. The van der Waals surface area contributed by atoms with Gasteiger partial charge in [0.2, 0.25) is 5.91 Å². The van der Waals surface area contributed by atoms with Crippen LogP contribution in [0.2, 0.25) is 0 Å². The molecule has 0 spiro atoms. The standard InChI is InChI=1S/C22H23FN2O3S3/c1-17-6-4-7-18(14-17)16-29-13-11-24-21(26)15-25(20-9-3-2-8-19(20)23)31(27,28)22-10-5-12-30-22/h2-10,12,14H,11,13,15-16H2,1H3,(H,24,26). The first-order chi connectivity index (χ1) is 14.9. The number of carbonyl (C=O) groups excluding carboxylic acids is 1. The van der Waals surface area contributed by atoms with Gasteiger partial charge in [0.1, 0.15) is 16.6 Å². The Morgan fingerprint density at radius 2 is 1.94 bits per heavy atom. The number of aryl methyl sites for hydroxylation is 1. The minimum atomic E-state index is -4.06. The zero-order valence-electron chi connectivity index (χ0n) is 17.0. The van der Waals surface area contributed by atoms with Crippen molar-refractivity contribution in [3.8, 4) is 0 Å². The molecule has 0 fully saturated rings. The maximum absolute atomic E-state index is 14.4. The lowest BCUT2D eigenvalue weighted by Gasteiger charge is -2.23. The van der Waals surface area contributed by atoms with Crippen molar-refractivity contribution in [1.29, 1.82) is 0 Å². The minimum absolute atomic E-state index is 0.0530. The molecule has 2 aromatic carbocycles. The maximum Gasteiger partial charge on any atom is 0.274 e. The average Bonchev–Trinajstić information content (AvgIpc) is 3.28. The number of thioether (sulfide) groups is 1. The summed E-state index contributed by atoms with van der Waals surface area (Å²) in [5.41, 5.74) is 2.26. The number of sulfonamides is 1. The second kappa shape index (κ2) is 10.8. The van der Waals surface area contributed by atoms with Crippen molar-refractivity contribution >= 4 is 44.7 Å². The topological polar surface area (TPSA) is 66.5 Å². The summed E-state index contributed by atoms with van der Waals surface area (Å²) in [6.45, 7) is 1.93. The summed E-state index contributed by atoms with van der Waals surface area (Å²) < 4.78 is 41.3. The van der Waals surface area contributed by atoms with Crippen LogP contribution in [0.15, 0.2) is 70.3 Å². The molecule has 1 heterocycles. The van der Waals surface area contributed by atoms with Gasteiger partial charge in [-0.3, -0.25) is 9.10 Å². The fraction of sp³-hybridized carbons (Fsp3) is 0.227. The van der Waals surface area contributed by atoms with Crippen molar-refractivity contribution in [3.63, 3.8) is 0 Å². The molecule has 3 rings (SSSR count). The average molecular weight is 479 g/mol. The van der Waals surface area contributed by atoms with Crippen LogP contribution in [0, 0.1) is 12.7 Å². The van der Waals surface area contributed by atoms with Crippen LogP contribution in [0.5, 0.6) is 0 Å². The first-order valence-electron chi connectivity index (χ1n) is 9.58. The largest absolute Gasteiger partial charge is 0.354 e. The molecule has 31 heavy (non-hydrogen) atoms. The number of carbonyl (C=O) groups is 1. The van der Waals surface area contributed by atoms with Crippen molar-refractivity contribution in [2.24, 2.45) is 0 Å². The first kappa shape index (κ1) is 23.3. The van der Waals surface area contributed by atoms with E-state index in [4.69, 9.17) is 0 Å². The molecule has 164 valence electrons. The van der Waals surface area contributed by atoms with Crippen LogP contribution in [-0.4, -0.2) is 33.2 Å². The molecule has 0 aliphatic rings. The molecule has 1 N–H and O–H groups in total. The van der Waals surface area contributed by atoms with Gasteiger partial charge in [-0.1, -0.05) is 48.0 Å². The quantitative estimate of drug-likeness (QED) is 0.438. The van der Waals surface area contributed by atoms with Crippen LogP contribution in [0.25, 0.3) is 0 Å². The Bertz CT molecular complexity index is 1120. The highest BCUT2D eigenvalue weighted by molar-refractivity contribution is 7.98. The third-order valence-corrected chi connectivity index (χ3v) is 8.53. The van der Waals surface area contributed by atoms with E-state index in [2.05, 4.69) is 17.4 Å². The molecule has 9 heteroatoms. The predicted octanol–water partition coefficient (Wildman–Crippen LogP) is 4.44. The molecule has 5 nitrogen and oxygen atoms in total. The number of hydrogen-bond acceptors (Lipinski definition) is 5. The molecule has 0 atom stereocenters. The maximum atomic E-state index is 14.4. The molecule has 3 aromatic rings. The fourth-order valence-electron chi connectivity index (χ4n) is 2.91. The van der Waals surface area contributed by atoms with Crippen LogP contribution in [0.1, 0.15) is 11.1 Å². The van der Waals surface area contributed by atoms with E-state index in [1.165, 1.54) is 41.5 Å². The Morgan fingerprint density at radius 1 is 1.13 bits per heavy atom. The van der Waals surface area contributed by atoms with Crippen molar-refractivity contribution in [2.45, 2.75) is 16.9 Å². The van der Waals surface area contributed by atoms with E-state index in [9.17, 15) is 17.6 Å². The number of rotatable bonds is 10. The van der Waals surface area contributed by atoms with Gasteiger partial charge >= 0.3 is 0 Å². The lowest BCUT2D eigenvalue weighted by Crippen LogP contribution is -2.41. The molecule has 0 unspecified atom stereocenters. The van der Waals surface area contributed by atoms with Crippen molar-refractivity contribution < 1.29 is 17.6 Å². The van der Waals surface area contributed by atoms with Gasteiger partial charge in [0.05, 0.1) is 5.69 Å². The molecule has 0 aliphatic carbocycles. The van der Waals surface area contributed by atoms with Crippen molar-refractivity contribution in [1.82, 2.24) is 5.32 Å². The number of hydrogen-bond donors (Lipinski definition) is 1. The van der Waals surface area contributed by atoms with E-state index >= 15 is 0 Å². The third-order valence-electron chi connectivity index (χ3n) is 4.37. The lowest BCUT2D eigenvalue weighted by atomic mass is 10.2. The van der Waals surface area contributed by atoms with Gasteiger partial charge in [0.25, 0.3) is 10.0 Å². The molecular formula is C22H23FN2O3S3. The van der Waals surface area contributed by atoms with Crippen LogP contribution >= 0.6 is 23.1 Å². The Kier molecular flexibility index (Phi) is 8.11. The molecule has 0 radical (unpaired) electrons. The zero-order chi connectivity index (χ0) is 22.3. The minimum Gasteiger partial charge on any atom is -0.354 e. The van der Waals surface area contributed by atoms with Gasteiger partial charge < -0.3 is 5.32 Å². The van der Waals surface area contributed by atoms with Crippen molar-refractivity contribution in [2.75, 3.05) is 23.1 Å². The zero-order valence-corrected chi connectivity index (χ0v) is 19.4. The monoisotopic (exact) mass is 478 g/mol. The van der Waals surface area contributed by atoms with Gasteiger partial charge in [-0.15, -0.1) is 11.3 Å². The van der Waals surface area contributed by atoms with Gasteiger partial charge in [-0.05, 0) is 36.1 Å². The van der Waals surface area contributed by atoms with E-state index in [1.54, 1.807) is 23.2 Å². The van der Waals surface area contributed by atoms with E-state index < -0.39 is 28.3 Å². The molecule has 0 bridgehead atoms. The Balaban J connectivity index is 1.60. The van der Waals surface area contributed by atoms with E-state index in [1.807, 2.05) is 19.1 Å². The normalized spacial score (nSPS) is 11.3. The molecule has 0 saturated heterocycles. The number of benzene rings is 2. The van der Waals surface area contributed by atoms with Crippen LogP contribution in [-0.2, 0) is 20.6 Å². The summed E-state index contributed by atoms with van der Waals surface area (Å²) >= 11 is 2.70. The summed E-state index contributed by atoms with van der Waals surface area (Å²) in [6, 6.07) is 16.8. The Labute approximate surface area is 190 Å². The first-order valence-corrected chi connectivity index (χ1v) is 13.1. The number of amides is 1. The molecule has 1 aromatic heterocycles. The van der Waals surface area contributed by atoms with Gasteiger partial charge in [-0.2, -0.15) is 11.8 Å². The number of nitrogens with zero attached hydrogens (tertiary/aromatic N) is 1. The summed E-state index contributed by atoms with van der Waals surface area (Å²) in [7, 11) is -4.06. The van der Waals surface area contributed by atoms with Crippen LogP contribution in [0.3, 0.4) is 0 Å². The summed E-state index contributed by atoms with van der Waals surface area (Å²) in [6.07, 6.45) is 0. The van der Waals surface area contributed by atoms with E-state index in [0.717, 1.165) is 21.4 Å². The van der Waals surface area contributed by atoms with Gasteiger partial charge in [0.15, 0.2) is 0 Å². The summed E-state index contributed by atoms with van der Waals surface area (Å²) in [5.74, 6) is 0.312. The molecule has 1 amide bonds. The summed E-state index contributed by atoms with van der Waals surface area (Å²) in [5, 5.41) is 4.36. The second-order valence-corrected chi connectivity index (χ2v) is 10.9. The highest BCUT2D eigenvalue weighted by Crippen LogP contribution is 2.28. The van der Waals surface area contributed by atoms with Crippen LogP contribution < -0.4 is 9.62 Å². The summed E-state index contributed by atoms with van der Waals surface area (Å²) in [4.78, 5) is 12.5. The predicted molar refractivity (Wildman–Crippen MR) is 126 cm³/mol. The third kappa shape index (κ3) is 6.32. The second-order valence-electron chi connectivity index (χ2n) is 6.79. The number of para-hydroxylation sites is 1.